The number of hydrogen-bond donors (Lipinski definition) is 6. The van der Waals surface area contributed by atoms with E-state index >= 15 is 0 Å². The van der Waals surface area contributed by atoms with Crippen molar-refractivity contribution in [2.45, 2.75) is 448 Å². The molecular formula is C83H155NO8. The van der Waals surface area contributed by atoms with Crippen LogP contribution in [0, 0.1) is 0 Å². The van der Waals surface area contributed by atoms with E-state index in [0.29, 0.717) is 12.8 Å². The molecule has 0 spiro atoms. The van der Waals surface area contributed by atoms with E-state index < -0.39 is 49.5 Å². The van der Waals surface area contributed by atoms with Gasteiger partial charge in [-0.05, 0) is 57.8 Å². The number of aliphatic hydroxyl groups excluding tert-OH is 5. The van der Waals surface area contributed by atoms with Gasteiger partial charge in [-0.25, -0.2) is 0 Å². The molecule has 1 amide bonds. The number of nitrogens with one attached hydrogen (secondary N) is 1. The fraction of sp³-hybridized carbons (Fsp3) is 0.867. The lowest BCUT2D eigenvalue weighted by molar-refractivity contribution is -0.302. The molecule has 9 nitrogen and oxygen atoms in total. The fourth-order valence-electron chi connectivity index (χ4n) is 13.1. The van der Waals surface area contributed by atoms with Crippen LogP contribution in [0.4, 0.5) is 0 Å². The van der Waals surface area contributed by atoms with Gasteiger partial charge in [0.05, 0.1) is 25.4 Å². The second kappa shape index (κ2) is 71.7. The van der Waals surface area contributed by atoms with Gasteiger partial charge in [-0.2, -0.15) is 0 Å². The van der Waals surface area contributed by atoms with Gasteiger partial charge in [-0.3, -0.25) is 4.79 Å². The molecule has 1 rings (SSSR count). The number of carbonyl (C=O) groups excluding carboxylic acids is 1. The van der Waals surface area contributed by atoms with Gasteiger partial charge < -0.3 is 40.3 Å². The van der Waals surface area contributed by atoms with Crippen molar-refractivity contribution in [3.8, 4) is 0 Å². The lowest BCUT2D eigenvalue weighted by atomic mass is 9.99. The quantitative estimate of drug-likeness (QED) is 0.0261. The summed E-state index contributed by atoms with van der Waals surface area (Å²) < 4.78 is 11.4. The summed E-state index contributed by atoms with van der Waals surface area (Å²) in [5.74, 6) is -0.136. The van der Waals surface area contributed by atoms with Crippen molar-refractivity contribution in [3.63, 3.8) is 0 Å². The van der Waals surface area contributed by atoms with Crippen LogP contribution in [0.25, 0.3) is 0 Å². The highest BCUT2D eigenvalue weighted by atomic mass is 16.7. The topological polar surface area (TPSA) is 149 Å². The van der Waals surface area contributed by atoms with Crippen molar-refractivity contribution >= 4 is 5.91 Å². The molecule has 9 heteroatoms. The van der Waals surface area contributed by atoms with Crippen LogP contribution in [-0.4, -0.2) is 87.5 Å². The zero-order valence-corrected chi connectivity index (χ0v) is 60.8. The zero-order chi connectivity index (χ0) is 66.4. The van der Waals surface area contributed by atoms with Crippen molar-refractivity contribution < 1.29 is 39.8 Å². The third-order valence-electron chi connectivity index (χ3n) is 19.4. The van der Waals surface area contributed by atoms with Gasteiger partial charge in [-0.15, -0.1) is 0 Å². The SMILES string of the molecule is CC/C=C\C/C=C\C/C=C\C/C=C\C/C=C\CCCCCCCCCCCCCCCCCCCCCCCC(=O)NC(COC1OC(CO)C(O)C(O)C1O)C(O)CCCCCCCCCCCCCCCCCCCCCCCCCCCCCCCCCC. The second-order valence-electron chi connectivity index (χ2n) is 28.2. The van der Waals surface area contributed by atoms with Crippen LogP contribution >= 0.6 is 0 Å². The minimum absolute atomic E-state index is 0.134. The number of allylic oxidation sites excluding steroid dienone is 10. The molecule has 92 heavy (non-hydrogen) atoms. The Morgan fingerprint density at radius 3 is 1.00 bits per heavy atom. The summed E-state index contributed by atoms with van der Waals surface area (Å²) in [5, 5.41) is 55.1. The molecule has 0 aliphatic carbocycles. The molecule has 1 fully saturated rings. The Morgan fingerprint density at radius 2 is 0.674 bits per heavy atom. The van der Waals surface area contributed by atoms with Gasteiger partial charge in [0.2, 0.25) is 5.91 Å². The smallest absolute Gasteiger partial charge is 0.220 e. The summed E-state index contributed by atoms with van der Waals surface area (Å²) in [4.78, 5) is 13.2. The zero-order valence-electron chi connectivity index (χ0n) is 60.8. The van der Waals surface area contributed by atoms with Crippen LogP contribution in [0.2, 0.25) is 0 Å². The molecule has 0 aromatic carbocycles. The molecule has 0 saturated carbocycles. The number of hydrogen-bond acceptors (Lipinski definition) is 8. The van der Waals surface area contributed by atoms with Gasteiger partial charge in [0.25, 0.3) is 0 Å². The van der Waals surface area contributed by atoms with E-state index in [-0.39, 0.29) is 12.5 Å². The van der Waals surface area contributed by atoms with E-state index in [1.165, 1.54) is 308 Å². The Morgan fingerprint density at radius 1 is 0.380 bits per heavy atom. The maximum Gasteiger partial charge on any atom is 0.220 e. The van der Waals surface area contributed by atoms with Gasteiger partial charge in [0.1, 0.15) is 24.4 Å². The molecular weight excluding hydrogens is 1140 g/mol. The summed E-state index contributed by atoms with van der Waals surface area (Å²) >= 11 is 0. The average Bonchev–Trinajstić information content (AvgIpc) is 1.00. The first-order valence-electron chi connectivity index (χ1n) is 40.5. The minimum Gasteiger partial charge on any atom is -0.394 e. The summed E-state index contributed by atoms with van der Waals surface area (Å²) in [7, 11) is 0. The predicted octanol–water partition coefficient (Wildman–Crippen LogP) is 23.3. The predicted molar refractivity (Wildman–Crippen MR) is 396 cm³/mol. The van der Waals surface area contributed by atoms with Crippen molar-refractivity contribution in [2.24, 2.45) is 0 Å². The molecule has 0 bridgehead atoms. The number of ether oxygens (including phenoxy) is 2. The summed E-state index contributed by atoms with van der Waals surface area (Å²) in [5.41, 5.74) is 0. The van der Waals surface area contributed by atoms with Gasteiger partial charge in [-0.1, -0.05) is 402 Å². The Balaban J connectivity index is 2.04. The third-order valence-corrected chi connectivity index (χ3v) is 19.4. The van der Waals surface area contributed by atoms with E-state index in [2.05, 4.69) is 79.9 Å². The monoisotopic (exact) mass is 1290 g/mol. The second-order valence-corrected chi connectivity index (χ2v) is 28.2. The first-order valence-corrected chi connectivity index (χ1v) is 40.5. The van der Waals surface area contributed by atoms with Gasteiger partial charge >= 0.3 is 0 Å². The highest BCUT2D eigenvalue weighted by Crippen LogP contribution is 2.24. The molecule has 0 aromatic rings. The van der Waals surface area contributed by atoms with Crippen LogP contribution in [0.3, 0.4) is 0 Å². The Kier molecular flexibility index (Phi) is 68.5. The van der Waals surface area contributed by atoms with Gasteiger partial charge in [0, 0.05) is 6.42 Å². The number of carbonyl (C=O) groups is 1. The van der Waals surface area contributed by atoms with Crippen molar-refractivity contribution in [1.82, 2.24) is 5.32 Å². The van der Waals surface area contributed by atoms with E-state index in [4.69, 9.17) is 9.47 Å². The lowest BCUT2D eigenvalue weighted by Crippen LogP contribution is -2.60. The normalized spacial score (nSPS) is 17.9. The highest BCUT2D eigenvalue weighted by Gasteiger charge is 2.44. The van der Waals surface area contributed by atoms with Crippen molar-refractivity contribution in [3.05, 3.63) is 60.8 Å². The molecule has 1 saturated heterocycles. The van der Waals surface area contributed by atoms with E-state index in [0.717, 1.165) is 70.6 Å². The molecule has 540 valence electrons. The first kappa shape index (κ1) is 87.9. The van der Waals surface area contributed by atoms with Crippen LogP contribution in [-0.2, 0) is 14.3 Å². The van der Waals surface area contributed by atoms with Crippen LogP contribution in [0.15, 0.2) is 60.8 Å². The summed E-state index contributed by atoms with van der Waals surface area (Å²) in [6.45, 7) is 3.78. The summed E-state index contributed by atoms with van der Waals surface area (Å²) in [6.07, 6.45) is 93.3. The van der Waals surface area contributed by atoms with Crippen molar-refractivity contribution in [1.29, 1.82) is 0 Å². The maximum absolute atomic E-state index is 13.2. The maximum atomic E-state index is 13.2. The van der Waals surface area contributed by atoms with E-state index in [1.54, 1.807) is 0 Å². The van der Waals surface area contributed by atoms with E-state index in [9.17, 15) is 30.3 Å². The molecule has 7 unspecified atom stereocenters. The molecule has 6 N–H and O–H groups in total. The molecule has 7 atom stereocenters. The standard InChI is InChI=1S/C83H155NO8/c1-3-5-7-9-11-13-15-17-19-21-23-25-27-29-31-33-35-37-38-39-40-41-43-45-47-49-51-53-55-57-59-61-63-65-67-69-71-73-79(87)84-76(75-91-83-82(90)81(89)80(88)78(74-85)92-83)77(86)72-70-68-66-64-62-60-58-56-54-52-50-48-46-44-42-36-34-32-30-28-26-24-22-20-18-16-14-12-10-8-6-4-2/h5,7,11,13,17,19,23,25,29,31,76-78,80-83,85-86,88-90H,3-4,6,8-10,12,14-16,18,20-22,24,26-28,30,32-75H2,1-2H3,(H,84,87)/b7-5-,13-11-,19-17-,25-23-,31-29-. The highest BCUT2D eigenvalue weighted by molar-refractivity contribution is 5.76. The molecule has 0 radical (unpaired) electrons. The molecule has 1 heterocycles. The number of amides is 1. The van der Waals surface area contributed by atoms with E-state index in [1.807, 2.05) is 0 Å². The fourth-order valence-corrected chi connectivity index (χ4v) is 13.1. The minimum atomic E-state index is -1.56. The number of aliphatic hydroxyl groups is 5. The first-order chi connectivity index (χ1) is 45.3. The lowest BCUT2D eigenvalue weighted by Gasteiger charge is -2.40. The Labute approximate surface area is 570 Å². The molecule has 0 aromatic heterocycles. The number of unbranched alkanes of at least 4 members (excludes halogenated alkanes) is 52. The van der Waals surface area contributed by atoms with Crippen LogP contribution in [0.1, 0.15) is 406 Å². The van der Waals surface area contributed by atoms with Crippen molar-refractivity contribution in [2.75, 3.05) is 13.2 Å². The average molecular weight is 1300 g/mol. The number of rotatable bonds is 72. The largest absolute Gasteiger partial charge is 0.394 e. The summed E-state index contributed by atoms with van der Waals surface area (Å²) in [6, 6.07) is -0.721. The third kappa shape index (κ3) is 59.2. The Bertz CT molecular complexity index is 1650. The van der Waals surface area contributed by atoms with Crippen LogP contribution in [0.5, 0.6) is 0 Å². The van der Waals surface area contributed by atoms with Gasteiger partial charge in [0.15, 0.2) is 6.29 Å². The molecule has 1 aliphatic rings. The molecule has 1 aliphatic heterocycles. The Hall–Kier alpha value is -2.11. The van der Waals surface area contributed by atoms with Crippen LogP contribution < -0.4 is 5.32 Å².